The van der Waals surface area contributed by atoms with Gasteiger partial charge >= 0.3 is 5.97 Å². The molecule has 1 amide bonds. The van der Waals surface area contributed by atoms with Crippen LogP contribution in [0.15, 0.2) is 53.6 Å². The second kappa shape index (κ2) is 10.4. The molecule has 0 saturated heterocycles. The van der Waals surface area contributed by atoms with Gasteiger partial charge in [-0.1, -0.05) is 12.1 Å². The molecule has 1 saturated carbocycles. The average Bonchev–Trinajstić information content (AvgIpc) is 3.61. The predicted octanol–water partition coefficient (Wildman–Crippen LogP) is 2.31. The lowest BCUT2D eigenvalue weighted by Gasteiger charge is -2.13. The van der Waals surface area contributed by atoms with E-state index < -0.39 is 12.0 Å². The molecule has 8 heteroatoms. The Hall–Kier alpha value is -3.68. The van der Waals surface area contributed by atoms with Crippen molar-refractivity contribution < 1.29 is 23.9 Å². The molecule has 0 spiro atoms. The summed E-state index contributed by atoms with van der Waals surface area (Å²) in [4.78, 5) is 36.6. The quantitative estimate of drug-likeness (QED) is 0.199. The van der Waals surface area contributed by atoms with Gasteiger partial charge in [0.05, 0.1) is 18.9 Å². The van der Waals surface area contributed by atoms with Crippen molar-refractivity contribution in [2.45, 2.75) is 25.8 Å². The molecule has 3 rings (SSSR count). The highest BCUT2D eigenvalue weighted by Gasteiger charge is 2.23. The van der Waals surface area contributed by atoms with E-state index in [1.165, 1.54) is 6.21 Å². The Balaban J connectivity index is 1.49. The number of carbonyl (C=O) groups is 3. The van der Waals surface area contributed by atoms with Crippen LogP contribution in [0.4, 0.5) is 0 Å². The van der Waals surface area contributed by atoms with Gasteiger partial charge in [0, 0.05) is 11.1 Å². The number of Topliss-reactive ketones (excluding diaryl/α,β-unsaturated/α-hetero) is 1. The summed E-state index contributed by atoms with van der Waals surface area (Å²) in [6.45, 7) is 1.89. The van der Waals surface area contributed by atoms with Gasteiger partial charge in [0.15, 0.2) is 12.4 Å². The Labute approximate surface area is 180 Å². The Morgan fingerprint density at radius 3 is 2.35 bits per heavy atom. The first-order chi connectivity index (χ1) is 15.0. The SMILES string of the molecule is C[C@H](NC(=O)c1ccc(C=NN)cc1)C(=O)c1ccc(OCC(=O)OCC2CC2)cc1. The first kappa shape index (κ1) is 22.0. The molecule has 2 aromatic carbocycles. The fourth-order valence-electron chi connectivity index (χ4n) is 2.80. The molecule has 3 N–H and O–H groups in total. The van der Waals surface area contributed by atoms with E-state index in [1.807, 2.05) is 0 Å². The highest BCUT2D eigenvalue weighted by Crippen LogP contribution is 2.28. The molecule has 0 aromatic heterocycles. The zero-order valence-electron chi connectivity index (χ0n) is 17.2. The summed E-state index contributed by atoms with van der Waals surface area (Å²) in [6.07, 6.45) is 3.69. The van der Waals surface area contributed by atoms with Crippen LogP contribution in [0.1, 0.15) is 46.0 Å². The van der Waals surface area contributed by atoms with Crippen molar-refractivity contribution >= 4 is 23.9 Å². The minimum Gasteiger partial charge on any atom is -0.482 e. The summed E-state index contributed by atoms with van der Waals surface area (Å²) in [7, 11) is 0. The molecule has 1 aliphatic carbocycles. The van der Waals surface area contributed by atoms with Crippen LogP contribution in [0.5, 0.6) is 5.75 Å². The molecule has 1 fully saturated rings. The van der Waals surface area contributed by atoms with Gasteiger partial charge in [0.2, 0.25) is 0 Å². The molecule has 0 heterocycles. The average molecular weight is 423 g/mol. The first-order valence-electron chi connectivity index (χ1n) is 10.0. The van der Waals surface area contributed by atoms with E-state index in [0.29, 0.717) is 29.4 Å². The summed E-state index contributed by atoms with van der Waals surface area (Å²) in [5.74, 6) is 5.05. The van der Waals surface area contributed by atoms with Gasteiger partial charge in [-0.15, -0.1) is 0 Å². The number of hydrogen-bond donors (Lipinski definition) is 2. The van der Waals surface area contributed by atoms with Crippen LogP contribution < -0.4 is 15.9 Å². The van der Waals surface area contributed by atoms with Crippen molar-refractivity contribution in [3.05, 3.63) is 65.2 Å². The molecule has 162 valence electrons. The third-order valence-electron chi connectivity index (χ3n) is 4.81. The topological polar surface area (TPSA) is 120 Å². The smallest absolute Gasteiger partial charge is 0.344 e. The van der Waals surface area contributed by atoms with Crippen LogP contribution in [-0.2, 0) is 9.53 Å². The number of hydrogen-bond acceptors (Lipinski definition) is 7. The molecule has 31 heavy (non-hydrogen) atoms. The fourth-order valence-corrected chi connectivity index (χ4v) is 2.80. The molecule has 1 atom stereocenters. The van der Waals surface area contributed by atoms with E-state index in [1.54, 1.807) is 55.5 Å². The number of nitrogens with one attached hydrogen (secondary N) is 1. The number of nitrogens with two attached hydrogens (primary N) is 1. The van der Waals surface area contributed by atoms with Gasteiger partial charge in [-0.05, 0) is 67.6 Å². The van der Waals surface area contributed by atoms with Crippen molar-refractivity contribution in [2.75, 3.05) is 13.2 Å². The minimum absolute atomic E-state index is 0.178. The van der Waals surface area contributed by atoms with E-state index >= 15 is 0 Å². The number of ether oxygens (including phenoxy) is 2. The molecule has 2 aromatic rings. The van der Waals surface area contributed by atoms with Crippen molar-refractivity contribution in [1.29, 1.82) is 0 Å². The standard InChI is InChI=1S/C23H25N3O5/c1-15(26-23(29)19-6-4-16(5-7-19)12-25-24)22(28)18-8-10-20(11-9-18)30-14-21(27)31-13-17-2-3-17/h4-12,15,17H,2-3,13-14,24H2,1H3,(H,26,29)/t15-/m0/s1. The third kappa shape index (κ3) is 6.67. The number of amides is 1. The first-order valence-corrected chi connectivity index (χ1v) is 10.0. The van der Waals surface area contributed by atoms with Crippen LogP contribution in [-0.4, -0.2) is 43.1 Å². The molecule has 0 aliphatic heterocycles. The minimum atomic E-state index is -0.720. The molecule has 0 radical (unpaired) electrons. The Bertz CT molecular complexity index is 950. The van der Waals surface area contributed by atoms with Gasteiger partial charge in [0.1, 0.15) is 5.75 Å². The van der Waals surface area contributed by atoms with Crippen LogP contribution in [0.3, 0.4) is 0 Å². The number of esters is 1. The lowest BCUT2D eigenvalue weighted by molar-refractivity contribution is -0.146. The number of nitrogens with zero attached hydrogens (tertiary/aromatic N) is 1. The number of carbonyl (C=O) groups excluding carboxylic acids is 3. The number of rotatable bonds is 10. The van der Waals surface area contributed by atoms with E-state index in [4.69, 9.17) is 15.3 Å². The Morgan fingerprint density at radius 1 is 1.10 bits per heavy atom. The fraction of sp³-hybridized carbons (Fsp3) is 0.304. The maximum absolute atomic E-state index is 12.6. The van der Waals surface area contributed by atoms with Crippen LogP contribution in [0.2, 0.25) is 0 Å². The second-order valence-electron chi connectivity index (χ2n) is 7.40. The predicted molar refractivity (Wildman–Crippen MR) is 115 cm³/mol. The normalized spacial score (nSPS) is 14.1. The third-order valence-corrected chi connectivity index (χ3v) is 4.81. The van der Waals surface area contributed by atoms with Crippen molar-refractivity contribution in [2.24, 2.45) is 16.9 Å². The van der Waals surface area contributed by atoms with Crippen LogP contribution in [0.25, 0.3) is 0 Å². The zero-order chi connectivity index (χ0) is 22.2. The van der Waals surface area contributed by atoms with Gasteiger partial charge in [-0.25, -0.2) is 4.79 Å². The molecular weight excluding hydrogens is 398 g/mol. The highest BCUT2D eigenvalue weighted by atomic mass is 16.6. The summed E-state index contributed by atoms with van der Waals surface area (Å²) in [6, 6.07) is 12.4. The van der Waals surface area contributed by atoms with Gasteiger partial charge in [0.25, 0.3) is 5.91 Å². The Kier molecular flexibility index (Phi) is 7.37. The van der Waals surface area contributed by atoms with E-state index in [-0.39, 0.29) is 18.3 Å². The van der Waals surface area contributed by atoms with Gasteiger partial charge < -0.3 is 20.6 Å². The maximum atomic E-state index is 12.6. The molecule has 0 unspecified atom stereocenters. The van der Waals surface area contributed by atoms with Crippen molar-refractivity contribution in [3.63, 3.8) is 0 Å². The van der Waals surface area contributed by atoms with Crippen molar-refractivity contribution in [3.8, 4) is 5.75 Å². The highest BCUT2D eigenvalue weighted by molar-refractivity contribution is 6.04. The van der Waals surface area contributed by atoms with Crippen LogP contribution >= 0.6 is 0 Å². The van der Waals surface area contributed by atoms with E-state index in [2.05, 4.69) is 10.4 Å². The number of ketones is 1. The van der Waals surface area contributed by atoms with Crippen molar-refractivity contribution in [1.82, 2.24) is 5.32 Å². The molecular formula is C23H25N3O5. The number of hydrazone groups is 1. The maximum Gasteiger partial charge on any atom is 0.344 e. The summed E-state index contributed by atoms with van der Waals surface area (Å²) >= 11 is 0. The zero-order valence-corrected chi connectivity index (χ0v) is 17.2. The number of benzene rings is 2. The largest absolute Gasteiger partial charge is 0.482 e. The van der Waals surface area contributed by atoms with Crippen LogP contribution in [0, 0.1) is 5.92 Å². The van der Waals surface area contributed by atoms with Gasteiger partial charge in [-0.2, -0.15) is 5.10 Å². The summed E-state index contributed by atoms with van der Waals surface area (Å²) in [5, 5.41) is 6.12. The van der Waals surface area contributed by atoms with E-state index in [9.17, 15) is 14.4 Å². The lowest BCUT2D eigenvalue weighted by atomic mass is 10.0. The van der Waals surface area contributed by atoms with Gasteiger partial charge in [-0.3, -0.25) is 9.59 Å². The summed E-state index contributed by atoms with van der Waals surface area (Å²) < 4.78 is 10.5. The molecule has 0 bridgehead atoms. The van der Waals surface area contributed by atoms with E-state index in [0.717, 1.165) is 18.4 Å². The monoisotopic (exact) mass is 423 g/mol. The summed E-state index contributed by atoms with van der Waals surface area (Å²) in [5.41, 5.74) is 1.61. The molecule has 8 nitrogen and oxygen atoms in total. The Morgan fingerprint density at radius 2 is 1.74 bits per heavy atom. The second-order valence-corrected chi connectivity index (χ2v) is 7.40. The molecule has 1 aliphatic rings. The lowest BCUT2D eigenvalue weighted by Crippen LogP contribution is -2.38.